The number of morpholine rings is 1. The quantitative estimate of drug-likeness (QED) is 0.505. The molecule has 0 unspecified atom stereocenters. The van der Waals surface area contributed by atoms with Crippen molar-refractivity contribution in [1.82, 2.24) is 9.97 Å². The fourth-order valence-corrected chi connectivity index (χ4v) is 3.81. The zero-order valence-corrected chi connectivity index (χ0v) is 19.5. The maximum atomic E-state index is 13.0. The first-order chi connectivity index (χ1) is 17.3. The number of aryl methyl sites for hydroxylation is 1. The number of ether oxygens (including phenoxy) is 2. The molecule has 1 amide bonds. The van der Waals surface area contributed by atoms with Crippen molar-refractivity contribution in [3.05, 3.63) is 65.6 Å². The molecule has 190 valence electrons. The fourth-order valence-electron chi connectivity index (χ4n) is 3.81. The van der Waals surface area contributed by atoms with Gasteiger partial charge in [0.05, 0.1) is 19.8 Å². The van der Waals surface area contributed by atoms with Gasteiger partial charge in [-0.15, -0.1) is 0 Å². The van der Waals surface area contributed by atoms with Crippen molar-refractivity contribution in [1.29, 1.82) is 0 Å². The second-order valence-electron chi connectivity index (χ2n) is 8.13. The Morgan fingerprint density at radius 3 is 2.67 bits per heavy atom. The SMILES string of the molecule is Cc1ccc(NC(=O)c2ccnc(C(F)(F)F)c2)cc1-c1cnc(OCCO)c(N2CCOCC2)c1. The third-order valence-corrected chi connectivity index (χ3v) is 5.63. The number of aliphatic hydroxyl groups is 1. The number of hydrogen-bond donors (Lipinski definition) is 2. The summed E-state index contributed by atoms with van der Waals surface area (Å²) in [5, 5.41) is 11.8. The van der Waals surface area contributed by atoms with Crippen molar-refractivity contribution >= 4 is 17.3 Å². The van der Waals surface area contributed by atoms with Crippen LogP contribution in [0, 0.1) is 6.92 Å². The second-order valence-corrected chi connectivity index (χ2v) is 8.13. The number of amides is 1. The fraction of sp³-hybridized carbons (Fsp3) is 0.320. The third kappa shape index (κ3) is 5.92. The van der Waals surface area contributed by atoms with Crippen LogP contribution in [0.5, 0.6) is 5.88 Å². The Balaban J connectivity index is 1.62. The minimum absolute atomic E-state index is 0.106. The normalized spacial score (nSPS) is 14.0. The monoisotopic (exact) mass is 502 g/mol. The zero-order valence-electron chi connectivity index (χ0n) is 19.5. The number of benzene rings is 1. The molecule has 8 nitrogen and oxygen atoms in total. The van der Waals surface area contributed by atoms with E-state index in [0.717, 1.165) is 28.6 Å². The van der Waals surface area contributed by atoms with E-state index in [1.165, 1.54) is 6.07 Å². The van der Waals surface area contributed by atoms with Crippen LogP contribution in [0.1, 0.15) is 21.6 Å². The molecule has 36 heavy (non-hydrogen) atoms. The van der Waals surface area contributed by atoms with Gasteiger partial charge < -0.3 is 24.8 Å². The summed E-state index contributed by atoms with van der Waals surface area (Å²) >= 11 is 0. The van der Waals surface area contributed by atoms with E-state index >= 15 is 0 Å². The molecule has 11 heteroatoms. The first-order valence-corrected chi connectivity index (χ1v) is 11.3. The molecule has 1 aromatic carbocycles. The molecule has 0 bridgehead atoms. The molecule has 2 aromatic heterocycles. The van der Waals surface area contributed by atoms with Gasteiger partial charge in [-0.3, -0.25) is 9.78 Å². The summed E-state index contributed by atoms with van der Waals surface area (Å²) in [6.45, 7) is 4.31. The van der Waals surface area contributed by atoms with Crippen molar-refractivity contribution < 1.29 is 32.5 Å². The van der Waals surface area contributed by atoms with Gasteiger partial charge in [-0.25, -0.2) is 4.98 Å². The minimum atomic E-state index is -4.65. The highest BCUT2D eigenvalue weighted by Gasteiger charge is 2.33. The van der Waals surface area contributed by atoms with Gasteiger partial charge in [0.2, 0.25) is 5.88 Å². The molecule has 2 N–H and O–H groups in total. The number of hydrogen-bond acceptors (Lipinski definition) is 7. The molecule has 1 aliphatic heterocycles. The number of halogens is 3. The summed E-state index contributed by atoms with van der Waals surface area (Å²) in [5.41, 5.74) is 2.36. The van der Waals surface area contributed by atoms with E-state index in [9.17, 15) is 18.0 Å². The summed E-state index contributed by atoms with van der Waals surface area (Å²) in [4.78, 5) is 22.5. The highest BCUT2D eigenvalue weighted by Crippen LogP contribution is 2.34. The van der Waals surface area contributed by atoms with E-state index in [2.05, 4.69) is 20.2 Å². The molecule has 3 aromatic rings. The predicted octanol–water partition coefficient (Wildman–Crippen LogP) is 3.93. The Morgan fingerprint density at radius 1 is 1.17 bits per heavy atom. The van der Waals surface area contributed by atoms with Gasteiger partial charge in [0, 0.05) is 42.3 Å². The maximum absolute atomic E-state index is 13.0. The first kappa shape index (κ1) is 25.4. The molecule has 3 heterocycles. The molecule has 0 spiro atoms. The van der Waals surface area contributed by atoms with Gasteiger partial charge >= 0.3 is 6.18 Å². The molecular formula is C25H25F3N4O4. The number of nitrogens with zero attached hydrogens (tertiary/aromatic N) is 3. The van der Waals surface area contributed by atoms with Crippen LogP contribution in [0.4, 0.5) is 24.5 Å². The molecule has 0 saturated carbocycles. The van der Waals surface area contributed by atoms with Gasteiger partial charge in [-0.05, 0) is 48.4 Å². The van der Waals surface area contributed by atoms with E-state index in [1.54, 1.807) is 18.3 Å². The highest BCUT2D eigenvalue weighted by atomic mass is 19.4. The van der Waals surface area contributed by atoms with Crippen molar-refractivity contribution in [2.45, 2.75) is 13.1 Å². The summed E-state index contributed by atoms with van der Waals surface area (Å²) in [6.07, 6.45) is -2.05. The van der Waals surface area contributed by atoms with Crippen LogP contribution in [-0.4, -0.2) is 60.5 Å². The molecule has 1 aliphatic rings. The largest absolute Gasteiger partial charge is 0.474 e. The van der Waals surface area contributed by atoms with E-state index in [0.29, 0.717) is 43.9 Å². The number of rotatable bonds is 7. The second kappa shape index (κ2) is 10.9. The van der Waals surface area contributed by atoms with Crippen LogP contribution < -0.4 is 15.0 Å². The Labute approximate surface area is 205 Å². The Bertz CT molecular complexity index is 1230. The molecular weight excluding hydrogens is 477 g/mol. The number of nitrogens with one attached hydrogen (secondary N) is 1. The molecule has 4 rings (SSSR count). The number of alkyl halides is 3. The lowest BCUT2D eigenvalue weighted by Gasteiger charge is -2.30. The van der Waals surface area contributed by atoms with Gasteiger partial charge in [0.15, 0.2) is 0 Å². The minimum Gasteiger partial charge on any atom is -0.474 e. The van der Waals surface area contributed by atoms with Gasteiger partial charge in [-0.2, -0.15) is 13.2 Å². The maximum Gasteiger partial charge on any atom is 0.433 e. The zero-order chi connectivity index (χ0) is 25.7. The summed E-state index contributed by atoms with van der Waals surface area (Å²) in [7, 11) is 0. The predicted molar refractivity (Wildman–Crippen MR) is 127 cm³/mol. The first-order valence-electron chi connectivity index (χ1n) is 11.3. The topological polar surface area (TPSA) is 96.8 Å². The van der Waals surface area contributed by atoms with Crippen LogP contribution in [0.15, 0.2) is 48.8 Å². The molecule has 1 fully saturated rings. The summed E-state index contributed by atoms with van der Waals surface area (Å²) in [5.74, 6) is -0.285. The van der Waals surface area contributed by atoms with Gasteiger partial charge in [0.1, 0.15) is 18.0 Å². The standard InChI is InChI=1S/C25H25F3N4O4/c1-16-2-3-19(31-23(34)17-4-5-29-22(13-17)25(26,27)28)14-20(16)18-12-21(32-6-9-35-10-7-32)24(30-15-18)36-11-8-33/h2-5,12-15,33H,6-11H2,1H3,(H,31,34). The number of carbonyl (C=O) groups is 1. The molecule has 0 aliphatic carbocycles. The number of pyridine rings is 2. The molecule has 0 radical (unpaired) electrons. The lowest BCUT2D eigenvalue weighted by Crippen LogP contribution is -2.36. The van der Waals surface area contributed by atoms with Crippen molar-refractivity contribution in [3.63, 3.8) is 0 Å². The average Bonchev–Trinajstić information content (AvgIpc) is 2.88. The van der Waals surface area contributed by atoms with E-state index in [1.807, 2.05) is 19.1 Å². The van der Waals surface area contributed by atoms with E-state index in [4.69, 9.17) is 14.6 Å². The Hall–Kier alpha value is -3.70. The van der Waals surface area contributed by atoms with Crippen LogP contribution in [-0.2, 0) is 10.9 Å². The van der Waals surface area contributed by atoms with Gasteiger partial charge in [-0.1, -0.05) is 6.07 Å². The molecule has 1 saturated heterocycles. The van der Waals surface area contributed by atoms with Crippen molar-refractivity contribution in [2.75, 3.05) is 49.7 Å². The van der Waals surface area contributed by atoms with E-state index in [-0.39, 0.29) is 18.8 Å². The summed E-state index contributed by atoms with van der Waals surface area (Å²) in [6, 6.07) is 9.10. The van der Waals surface area contributed by atoms with Gasteiger partial charge in [0.25, 0.3) is 5.91 Å². The average molecular weight is 502 g/mol. The highest BCUT2D eigenvalue weighted by molar-refractivity contribution is 6.04. The third-order valence-electron chi connectivity index (χ3n) is 5.63. The lowest BCUT2D eigenvalue weighted by atomic mass is 10.0. The Kier molecular flexibility index (Phi) is 7.70. The van der Waals surface area contributed by atoms with Crippen LogP contribution >= 0.6 is 0 Å². The number of aliphatic hydroxyl groups excluding tert-OH is 1. The lowest BCUT2D eigenvalue weighted by molar-refractivity contribution is -0.141. The summed E-state index contributed by atoms with van der Waals surface area (Å²) < 4.78 is 50.0. The number of carbonyl (C=O) groups excluding carboxylic acids is 1. The molecule has 0 atom stereocenters. The number of aromatic nitrogens is 2. The van der Waals surface area contributed by atoms with Crippen molar-refractivity contribution in [3.8, 4) is 17.0 Å². The van der Waals surface area contributed by atoms with Crippen LogP contribution in [0.2, 0.25) is 0 Å². The van der Waals surface area contributed by atoms with E-state index < -0.39 is 17.8 Å². The number of anilines is 2. The van der Waals surface area contributed by atoms with Crippen LogP contribution in [0.3, 0.4) is 0 Å². The Morgan fingerprint density at radius 2 is 1.94 bits per heavy atom. The smallest absolute Gasteiger partial charge is 0.433 e. The van der Waals surface area contributed by atoms with Crippen molar-refractivity contribution in [2.24, 2.45) is 0 Å². The van der Waals surface area contributed by atoms with Crippen LogP contribution in [0.25, 0.3) is 11.1 Å².